The molecule has 0 saturated carbocycles. The van der Waals surface area contributed by atoms with Gasteiger partial charge in [-0.1, -0.05) is 30.3 Å². The smallest absolute Gasteiger partial charge is 0.301 e. The summed E-state index contributed by atoms with van der Waals surface area (Å²) in [5.74, 6) is -0.835. The van der Waals surface area contributed by atoms with E-state index in [4.69, 9.17) is 5.73 Å². The third kappa shape index (κ3) is 3.68. The lowest BCUT2D eigenvalue weighted by molar-refractivity contribution is -0.393. The van der Waals surface area contributed by atoms with E-state index in [1.165, 1.54) is 0 Å². The van der Waals surface area contributed by atoms with Crippen LogP contribution in [0.4, 0.5) is 17.1 Å². The molecule has 0 heterocycles. The summed E-state index contributed by atoms with van der Waals surface area (Å²) in [6, 6.07) is 11.3. The highest BCUT2D eigenvalue weighted by atomic mass is 16.6. The standard InChI is InChI=1S/C14H11N5O5/c15-14(20)13(9-4-2-1-3-5-9)17-16-11-7-6-10(18(21)22)8-12(11)19(23)24/h1-8,16H,(H2,15,20). The zero-order valence-electron chi connectivity index (χ0n) is 12.1. The molecule has 0 fully saturated rings. The fourth-order valence-corrected chi connectivity index (χ4v) is 1.85. The van der Waals surface area contributed by atoms with E-state index in [0.29, 0.717) is 5.56 Å². The van der Waals surface area contributed by atoms with Crippen molar-refractivity contribution in [3.8, 4) is 0 Å². The largest absolute Gasteiger partial charge is 0.364 e. The van der Waals surface area contributed by atoms with Crippen molar-refractivity contribution in [2.45, 2.75) is 0 Å². The van der Waals surface area contributed by atoms with E-state index < -0.39 is 27.1 Å². The highest BCUT2D eigenvalue weighted by Gasteiger charge is 2.20. The fraction of sp³-hybridized carbons (Fsp3) is 0. The average molecular weight is 329 g/mol. The van der Waals surface area contributed by atoms with Gasteiger partial charge in [0.25, 0.3) is 11.6 Å². The SMILES string of the molecule is NC(=O)C(=NNc1ccc([N+](=O)[O-])cc1[N+](=O)[O-])c1ccccc1. The topological polar surface area (TPSA) is 154 Å². The minimum atomic E-state index is -0.835. The first kappa shape index (κ1) is 16.5. The third-order valence-electron chi connectivity index (χ3n) is 2.96. The zero-order chi connectivity index (χ0) is 17.7. The number of carbonyl (C=O) groups excluding carboxylic acids is 1. The van der Waals surface area contributed by atoms with Crippen molar-refractivity contribution < 1.29 is 14.6 Å². The van der Waals surface area contributed by atoms with Gasteiger partial charge in [-0.05, 0) is 6.07 Å². The molecule has 0 atom stereocenters. The van der Waals surface area contributed by atoms with Gasteiger partial charge in [-0.25, -0.2) is 0 Å². The Morgan fingerprint density at radius 2 is 1.71 bits per heavy atom. The number of hydrogen-bond donors (Lipinski definition) is 2. The van der Waals surface area contributed by atoms with Crippen molar-refractivity contribution in [3.63, 3.8) is 0 Å². The Balaban J connectivity index is 2.40. The molecule has 10 nitrogen and oxygen atoms in total. The number of carbonyl (C=O) groups is 1. The quantitative estimate of drug-likeness (QED) is 0.468. The summed E-state index contributed by atoms with van der Waals surface area (Å²) in [7, 11) is 0. The molecule has 2 aromatic rings. The molecule has 0 bridgehead atoms. The number of nitrogens with two attached hydrogens (primary N) is 1. The maximum absolute atomic E-state index is 11.5. The van der Waals surface area contributed by atoms with E-state index in [2.05, 4.69) is 10.5 Å². The summed E-state index contributed by atoms with van der Waals surface area (Å²) in [5.41, 5.74) is 6.81. The highest BCUT2D eigenvalue weighted by molar-refractivity contribution is 6.45. The normalized spacial score (nSPS) is 10.9. The Labute approximate surface area is 134 Å². The van der Waals surface area contributed by atoms with Crippen LogP contribution in [-0.4, -0.2) is 21.5 Å². The lowest BCUT2D eigenvalue weighted by atomic mass is 10.1. The summed E-state index contributed by atoms with van der Waals surface area (Å²) in [6.45, 7) is 0. The minimum Gasteiger partial charge on any atom is -0.364 e. The summed E-state index contributed by atoms with van der Waals surface area (Å²) in [5, 5.41) is 25.5. The summed E-state index contributed by atoms with van der Waals surface area (Å²) < 4.78 is 0. The number of nitrogens with zero attached hydrogens (tertiary/aromatic N) is 3. The van der Waals surface area contributed by atoms with Gasteiger partial charge in [0.15, 0.2) is 5.71 Å². The average Bonchev–Trinajstić information content (AvgIpc) is 2.55. The number of rotatable bonds is 6. The molecule has 0 aromatic heterocycles. The second-order valence-corrected chi connectivity index (χ2v) is 4.52. The predicted molar refractivity (Wildman–Crippen MR) is 85.5 cm³/mol. The van der Waals surface area contributed by atoms with E-state index in [1.807, 2.05) is 0 Å². The van der Waals surface area contributed by atoms with E-state index in [1.54, 1.807) is 30.3 Å². The van der Waals surface area contributed by atoms with E-state index in [9.17, 15) is 25.0 Å². The van der Waals surface area contributed by atoms with Crippen molar-refractivity contribution in [1.82, 2.24) is 0 Å². The molecule has 0 aliphatic rings. The van der Waals surface area contributed by atoms with Gasteiger partial charge in [-0.15, -0.1) is 0 Å². The molecule has 10 heteroatoms. The molecule has 122 valence electrons. The van der Waals surface area contributed by atoms with E-state index in [-0.39, 0.29) is 11.4 Å². The van der Waals surface area contributed by atoms with Gasteiger partial charge in [0.05, 0.1) is 15.9 Å². The monoisotopic (exact) mass is 329 g/mol. The Morgan fingerprint density at radius 1 is 1.04 bits per heavy atom. The molecule has 0 radical (unpaired) electrons. The molecule has 24 heavy (non-hydrogen) atoms. The van der Waals surface area contributed by atoms with Crippen LogP contribution in [0.15, 0.2) is 53.6 Å². The third-order valence-corrected chi connectivity index (χ3v) is 2.96. The first-order chi connectivity index (χ1) is 11.4. The van der Waals surface area contributed by atoms with Crippen LogP contribution in [0.1, 0.15) is 5.56 Å². The zero-order valence-corrected chi connectivity index (χ0v) is 12.1. The summed E-state index contributed by atoms with van der Waals surface area (Å²) in [6.07, 6.45) is 0. The molecule has 0 spiro atoms. The number of anilines is 1. The van der Waals surface area contributed by atoms with Gasteiger partial charge in [-0.2, -0.15) is 5.10 Å². The van der Waals surface area contributed by atoms with Crippen LogP contribution in [-0.2, 0) is 4.79 Å². The number of nitro benzene ring substituents is 2. The first-order valence-corrected chi connectivity index (χ1v) is 6.52. The molecule has 1 amide bonds. The van der Waals surface area contributed by atoms with Crippen LogP contribution in [0.25, 0.3) is 0 Å². The van der Waals surface area contributed by atoms with Gasteiger partial charge in [0.2, 0.25) is 0 Å². The van der Waals surface area contributed by atoms with Crippen LogP contribution in [0.3, 0.4) is 0 Å². The van der Waals surface area contributed by atoms with Gasteiger partial charge in [0.1, 0.15) is 5.69 Å². The van der Waals surface area contributed by atoms with Crippen molar-refractivity contribution in [1.29, 1.82) is 0 Å². The second-order valence-electron chi connectivity index (χ2n) is 4.52. The fourth-order valence-electron chi connectivity index (χ4n) is 1.85. The van der Waals surface area contributed by atoms with Crippen LogP contribution < -0.4 is 11.2 Å². The molecule has 2 rings (SSSR count). The molecule has 0 unspecified atom stereocenters. The summed E-state index contributed by atoms with van der Waals surface area (Å²) in [4.78, 5) is 31.7. The number of nitrogens with one attached hydrogen (secondary N) is 1. The van der Waals surface area contributed by atoms with E-state index >= 15 is 0 Å². The van der Waals surface area contributed by atoms with Crippen molar-refractivity contribution in [3.05, 3.63) is 74.3 Å². The minimum absolute atomic E-state index is 0.111. The van der Waals surface area contributed by atoms with Crippen LogP contribution in [0.2, 0.25) is 0 Å². The molecule has 3 N–H and O–H groups in total. The van der Waals surface area contributed by atoms with Crippen molar-refractivity contribution in [2.75, 3.05) is 5.43 Å². The lowest BCUT2D eigenvalue weighted by Crippen LogP contribution is -2.25. The maximum atomic E-state index is 11.5. The number of nitro groups is 2. The maximum Gasteiger partial charge on any atom is 0.301 e. The number of amides is 1. The second kappa shape index (κ2) is 6.96. The molecule has 0 aliphatic carbocycles. The highest BCUT2D eigenvalue weighted by Crippen LogP contribution is 2.28. The molecule has 0 aliphatic heterocycles. The van der Waals surface area contributed by atoms with Crippen LogP contribution in [0.5, 0.6) is 0 Å². The predicted octanol–water partition coefficient (Wildman–Crippen LogP) is 1.80. The van der Waals surface area contributed by atoms with Crippen LogP contribution >= 0.6 is 0 Å². The van der Waals surface area contributed by atoms with Crippen molar-refractivity contribution >= 4 is 28.7 Å². The van der Waals surface area contributed by atoms with E-state index in [0.717, 1.165) is 18.2 Å². The number of primary amides is 1. The first-order valence-electron chi connectivity index (χ1n) is 6.52. The van der Waals surface area contributed by atoms with Crippen LogP contribution in [0, 0.1) is 20.2 Å². The Hall–Kier alpha value is -3.82. The Bertz CT molecular complexity index is 835. The Morgan fingerprint density at radius 3 is 2.25 bits per heavy atom. The molecule has 2 aromatic carbocycles. The number of benzene rings is 2. The molecular formula is C14H11N5O5. The number of hydrogen-bond acceptors (Lipinski definition) is 7. The summed E-state index contributed by atoms with van der Waals surface area (Å²) >= 11 is 0. The van der Waals surface area contributed by atoms with Gasteiger partial charge in [-0.3, -0.25) is 30.4 Å². The lowest BCUT2D eigenvalue weighted by Gasteiger charge is -2.05. The molecular weight excluding hydrogens is 318 g/mol. The number of non-ortho nitro benzene ring substituents is 1. The van der Waals surface area contributed by atoms with Gasteiger partial charge < -0.3 is 5.73 Å². The molecule has 0 saturated heterocycles. The van der Waals surface area contributed by atoms with Gasteiger partial charge >= 0.3 is 5.69 Å². The Kier molecular flexibility index (Phi) is 4.80. The number of hydrazone groups is 1. The van der Waals surface area contributed by atoms with Gasteiger partial charge in [0, 0.05) is 11.6 Å². The van der Waals surface area contributed by atoms with Crippen molar-refractivity contribution in [2.24, 2.45) is 10.8 Å².